The maximum atomic E-state index is 12.0. The number of amides is 1. The van der Waals surface area contributed by atoms with E-state index in [2.05, 4.69) is 5.32 Å². The Morgan fingerprint density at radius 1 is 1.26 bits per heavy atom. The number of phenolic OH excluding ortho intramolecular Hbond substituents is 1. The van der Waals surface area contributed by atoms with E-state index in [1.54, 1.807) is 36.4 Å². The van der Waals surface area contributed by atoms with Crippen LogP contribution in [0.5, 0.6) is 5.75 Å². The van der Waals surface area contributed by atoms with Crippen molar-refractivity contribution in [2.45, 2.75) is 13.5 Å². The van der Waals surface area contributed by atoms with Crippen LogP contribution in [0.2, 0.25) is 5.02 Å². The number of carbonyl (C=O) groups excluding carboxylic acids is 1. The molecule has 0 heterocycles. The Bertz CT molecular complexity index is 591. The van der Waals surface area contributed by atoms with Gasteiger partial charge < -0.3 is 10.4 Å². The first-order chi connectivity index (χ1) is 9.06. The zero-order valence-electron chi connectivity index (χ0n) is 10.5. The fraction of sp³-hybridized carbons (Fsp3) is 0.133. The van der Waals surface area contributed by atoms with E-state index in [0.29, 0.717) is 16.1 Å². The standard InChI is InChI=1S/C15H14ClNO2/c1-10-6-12(8-13(16)7-10)15(19)17-9-11-4-2-3-5-14(11)18/h2-8,18H,9H2,1H3,(H,17,19). The molecular weight excluding hydrogens is 262 g/mol. The van der Waals surface area contributed by atoms with Crippen LogP contribution < -0.4 is 5.32 Å². The van der Waals surface area contributed by atoms with Crippen molar-refractivity contribution in [3.63, 3.8) is 0 Å². The van der Waals surface area contributed by atoms with Crippen molar-refractivity contribution in [2.24, 2.45) is 0 Å². The highest BCUT2D eigenvalue weighted by molar-refractivity contribution is 6.31. The van der Waals surface area contributed by atoms with Gasteiger partial charge in [-0.2, -0.15) is 0 Å². The topological polar surface area (TPSA) is 49.3 Å². The summed E-state index contributed by atoms with van der Waals surface area (Å²) in [6.45, 7) is 2.16. The van der Waals surface area contributed by atoms with E-state index in [9.17, 15) is 9.90 Å². The molecule has 2 rings (SSSR count). The molecule has 0 atom stereocenters. The van der Waals surface area contributed by atoms with Crippen LogP contribution in [0.15, 0.2) is 42.5 Å². The molecule has 2 aromatic carbocycles. The molecule has 0 spiro atoms. The maximum absolute atomic E-state index is 12.0. The van der Waals surface area contributed by atoms with Crippen LogP contribution in [0.3, 0.4) is 0 Å². The number of hydrogen-bond donors (Lipinski definition) is 2. The molecule has 98 valence electrons. The molecule has 1 amide bonds. The summed E-state index contributed by atoms with van der Waals surface area (Å²) < 4.78 is 0. The lowest BCUT2D eigenvalue weighted by atomic mass is 10.1. The van der Waals surface area contributed by atoms with E-state index in [-0.39, 0.29) is 18.2 Å². The molecule has 4 heteroatoms. The lowest BCUT2D eigenvalue weighted by Gasteiger charge is -2.08. The second-order valence-electron chi connectivity index (χ2n) is 4.33. The third-order valence-electron chi connectivity index (χ3n) is 2.74. The highest BCUT2D eigenvalue weighted by Gasteiger charge is 2.08. The lowest BCUT2D eigenvalue weighted by molar-refractivity contribution is 0.0950. The average Bonchev–Trinajstić information content (AvgIpc) is 2.36. The predicted molar refractivity (Wildman–Crippen MR) is 75.5 cm³/mol. The Morgan fingerprint density at radius 3 is 2.68 bits per heavy atom. The van der Waals surface area contributed by atoms with Gasteiger partial charge in [-0.15, -0.1) is 0 Å². The molecule has 2 N–H and O–H groups in total. The Kier molecular flexibility index (Phi) is 4.07. The summed E-state index contributed by atoms with van der Waals surface area (Å²) in [5, 5.41) is 12.9. The van der Waals surface area contributed by atoms with Crippen molar-refractivity contribution in [1.29, 1.82) is 0 Å². The SMILES string of the molecule is Cc1cc(Cl)cc(C(=O)NCc2ccccc2O)c1. The molecule has 0 radical (unpaired) electrons. The quantitative estimate of drug-likeness (QED) is 0.903. The highest BCUT2D eigenvalue weighted by atomic mass is 35.5. The van der Waals surface area contributed by atoms with E-state index in [0.717, 1.165) is 5.56 Å². The molecule has 2 aromatic rings. The zero-order chi connectivity index (χ0) is 13.8. The molecule has 0 aromatic heterocycles. The van der Waals surface area contributed by atoms with Gasteiger partial charge in [0.2, 0.25) is 0 Å². The zero-order valence-corrected chi connectivity index (χ0v) is 11.2. The number of rotatable bonds is 3. The van der Waals surface area contributed by atoms with Crippen LogP contribution in [0.25, 0.3) is 0 Å². The Morgan fingerprint density at radius 2 is 2.00 bits per heavy atom. The van der Waals surface area contributed by atoms with Gasteiger partial charge >= 0.3 is 0 Å². The summed E-state index contributed by atoms with van der Waals surface area (Å²) in [5.41, 5.74) is 2.12. The normalized spacial score (nSPS) is 10.2. The van der Waals surface area contributed by atoms with Gasteiger partial charge in [-0.3, -0.25) is 4.79 Å². The number of aromatic hydroxyl groups is 1. The van der Waals surface area contributed by atoms with E-state index < -0.39 is 0 Å². The van der Waals surface area contributed by atoms with Gasteiger partial charge in [0.25, 0.3) is 5.91 Å². The molecule has 0 aliphatic heterocycles. The summed E-state index contributed by atoms with van der Waals surface area (Å²) in [4.78, 5) is 12.0. The number of aryl methyl sites for hydroxylation is 1. The summed E-state index contributed by atoms with van der Waals surface area (Å²) >= 11 is 5.92. The molecule has 0 saturated heterocycles. The van der Waals surface area contributed by atoms with E-state index in [4.69, 9.17) is 11.6 Å². The fourth-order valence-corrected chi connectivity index (χ4v) is 2.09. The number of para-hydroxylation sites is 1. The number of hydrogen-bond acceptors (Lipinski definition) is 2. The average molecular weight is 276 g/mol. The van der Waals surface area contributed by atoms with Crippen LogP contribution in [-0.4, -0.2) is 11.0 Å². The highest BCUT2D eigenvalue weighted by Crippen LogP contribution is 2.17. The van der Waals surface area contributed by atoms with Crippen molar-refractivity contribution in [2.75, 3.05) is 0 Å². The van der Waals surface area contributed by atoms with Gasteiger partial charge in [0, 0.05) is 22.7 Å². The Balaban J connectivity index is 2.08. The third-order valence-corrected chi connectivity index (χ3v) is 2.95. The number of benzene rings is 2. The number of nitrogens with one attached hydrogen (secondary N) is 1. The van der Waals surface area contributed by atoms with Gasteiger partial charge in [-0.05, 0) is 36.8 Å². The second kappa shape index (κ2) is 5.76. The van der Waals surface area contributed by atoms with Crippen molar-refractivity contribution in [3.05, 3.63) is 64.2 Å². The first-order valence-corrected chi connectivity index (χ1v) is 6.26. The van der Waals surface area contributed by atoms with Gasteiger partial charge in [-0.1, -0.05) is 29.8 Å². The van der Waals surface area contributed by atoms with Gasteiger partial charge in [0.1, 0.15) is 5.75 Å². The number of halogens is 1. The molecule has 0 aliphatic carbocycles. The molecular formula is C15H14ClNO2. The van der Waals surface area contributed by atoms with Crippen molar-refractivity contribution in [1.82, 2.24) is 5.32 Å². The van der Waals surface area contributed by atoms with Crippen LogP contribution in [0.4, 0.5) is 0 Å². The molecule has 0 unspecified atom stereocenters. The van der Waals surface area contributed by atoms with Crippen molar-refractivity contribution < 1.29 is 9.90 Å². The third kappa shape index (κ3) is 3.48. The summed E-state index contributed by atoms with van der Waals surface area (Å²) in [5.74, 6) is -0.0427. The Hall–Kier alpha value is -2.00. The van der Waals surface area contributed by atoms with Crippen molar-refractivity contribution in [3.8, 4) is 5.75 Å². The first kappa shape index (κ1) is 13.4. The van der Waals surface area contributed by atoms with Crippen LogP contribution >= 0.6 is 11.6 Å². The largest absolute Gasteiger partial charge is 0.508 e. The molecule has 0 bridgehead atoms. The smallest absolute Gasteiger partial charge is 0.251 e. The van der Waals surface area contributed by atoms with Crippen LogP contribution in [0, 0.1) is 6.92 Å². The summed E-state index contributed by atoms with van der Waals surface area (Å²) in [6.07, 6.45) is 0. The lowest BCUT2D eigenvalue weighted by Crippen LogP contribution is -2.22. The van der Waals surface area contributed by atoms with Gasteiger partial charge in [0.05, 0.1) is 0 Å². The molecule has 3 nitrogen and oxygen atoms in total. The van der Waals surface area contributed by atoms with E-state index in [1.165, 1.54) is 0 Å². The fourth-order valence-electron chi connectivity index (χ4n) is 1.81. The number of phenols is 1. The minimum atomic E-state index is -0.214. The minimum absolute atomic E-state index is 0.171. The van der Waals surface area contributed by atoms with E-state index >= 15 is 0 Å². The molecule has 19 heavy (non-hydrogen) atoms. The van der Waals surface area contributed by atoms with E-state index in [1.807, 2.05) is 13.0 Å². The predicted octanol–water partition coefficient (Wildman–Crippen LogP) is 3.28. The van der Waals surface area contributed by atoms with Gasteiger partial charge in [-0.25, -0.2) is 0 Å². The van der Waals surface area contributed by atoms with Crippen LogP contribution in [-0.2, 0) is 6.54 Å². The van der Waals surface area contributed by atoms with Crippen molar-refractivity contribution >= 4 is 17.5 Å². The molecule has 0 fully saturated rings. The maximum Gasteiger partial charge on any atom is 0.251 e. The monoisotopic (exact) mass is 275 g/mol. The number of carbonyl (C=O) groups is 1. The summed E-state index contributed by atoms with van der Waals surface area (Å²) in [7, 11) is 0. The second-order valence-corrected chi connectivity index (χ2v) is 4.77. The van der Waals surface area contributed by atoms with Gasteiger partial charge in [0.15, 0.2) is 0 Å². The molecule has 0 saturated carbocycles. The molecule has 0 aliphatic rings. The summed E-state index contributed by atoms with van der Waals surface area (Å²) in [6, 6.07) is 12.1. The van der Waals surface area contributed by atoms with Crippen LogP contribution in [0.1, 0.15) is 21.5 Å². The first-order valence-electron chi connectivity index (χ1n) is 5.88. The minimum Gasteiger partial charge on any atom is -0.508 e. The Labute approximate surface area is 116 Å².